The predicted octanol–water partition coefficient (Wildman–Crippen LogP) is 4.50. The summed E-state index contributed by atoms with van der Waals surface area (Å²) in [4.78, 5) is 6.88. The summed E-state index contributed by atoms with van der Waals surface area (Å²) in [5.74, 6) is 1.75. The predicted molar refractivity (Wildman–Crippen MR) is 129 cm³/mol. The number of likely N-dealkylation sites (tertiary alicyclic amines) is 1. The Kier molecular flexibility index (Phi) is 10.0. The maximum Gasteiger partial charge on any atom is 0.194 e. The van der Waals surface area contributed by atoms with E-state index in [1.807, 2.05) is 55.5 Å². The molecule has 158 valence electrons. The van der Waals surface area contributed by atoms with Crippen LogP contribution in [0.4, 0.5) is 0 Å². The van der Waals surface area contributed by atoms with Crippen LogP contribution in [0.25, 0.3) is 0 Å². The van der Waals surface area contributed by atoms with Crippen LogP contribution in [0.15, 0.2) is 59.6 Å². The van der Waals surface area contributed by atoms with Gasteiger partial charge in [-0.15, -0.1) is 24.0 Å². The summed E-state index contributed by atoms with van der Waals surface area (Å²) in [6, 6.07) is 17.3. The van der Waals surface area contributed by atoms with E-state index in [9.17, 15) is 5.11 Å². The molecule has 2 aromatic carbocycles. The van der Waals surface area contributed by atoms with Crippen LogP contribution in [-0.2, 0) is 0 Å². The number of rotatable bonds is 6. The molecule has 0 spiro atoms. The van der Waals surface area contributed by atoms with E-state index in [0.29, 0.717) is 10.6 Å². The molecule has 2 N–H and O–H groups in total. The second kappa shape index (κ2) is 12.2. The van der Waals surface area contributed by atoms with E-state index in [-0.39, 0.29) is 36.6 Å². The third kappa shape index (κ3) is 7.04. The second-order valence-corrected chi connectivity index (χ2v) is 7.26. The van der Waals surface area contributed by atoms with Gasteiger partial charge in [0.2, 0.25) is 0 Å². The molecule has 1 unspecified atom stereocenters. The van der Waals surface area contributed by atoms with Gasteiger partial charge in [-0.25, -0.2) is 0 Å². The van der Waals surface area contributed by atoms with Crippen LogP contribution < -0.4 is 10.1 Å². The van der Waals surface area contributed by atoms with Crippen LogP contribution >= 0.6 is 35.6 Å². The van der Waals surface area contributed by atoms with Crippen LogP contribution in [0.3, 0.4) is 0 Å². The Morgan fingerprint density at radius 3 is 2.48 bits per heavy atom. The van der Waals surface area contributed by atoms with E-state index in [0.717, 1.165) is 44.2 Å². The quantitative estimate of drug-likeness (QED) is 0.329. The van der Waals surface area contributed by atoms with Crippen molar-refractivity contribution in [2.45, 2.75) is 32.0 Å². The monoisotopic (exact) mass is 529 g/mol. The van der Waals surface area contributed by atoms with E-state index in [1.54, 1.807) is 6.07 Å². The summed E-state index contributed by atoms with van der Waals surface area (Å²) in [7, 11) is 0. The van der Waals surface area contributed by atoms with Crippen LogP contribution in [0.5, 0.6) is 5.75 Å². The molecule has 0 aliphatic carbocycles. The molecule has 0 bridgehead atoms. The number of hydrogen-bond acceptors (Lipinski definition) is 3. The van der Waals surface area contributed by atoms with Gasteiger partial charge < -0.3 is 20.1 Å². The standard InChI is InChI=1S/C22H28ClN3O2.HI/c1-2-24-22(25-16-21(27)19-10-6-7-11-20(19)23)26-14-12-18(13-15-26)28-17-8-4-3-5-9-17;/h3-11,18,21,27H,2,12-16H2,1H3,(H,24,25);1H. The summed E-state index contributed by atoms with van der Waals surface area (Å²) in [5.41, 5.74) is 0.707. The van der Waals surface area contributed by atoms with E-state index in [4.69, 9.17) is 16.3 Å². The first-order valence-electron chi connectivity index (χ1n) is 9.85. The van der Waals surface area contributed by atoms with E-state index in [2.05, 4.69) is 15.2 Å². The zero-order chi connectivity index (χ0) is 19.8. The largest absolute Gasteiger partial charge is 0.490 e. The highest BCUT2D eigenvalue weighted by atomic mass is 127. The number of benzene rings is 2. The minimum absolute atomic E-state index is 0. The minimum atomic E-state index is -0.721. The van der Waals surface area contributed by atoms with Gasteiger partial charge >= 0.3 is 0 Å². The van der Waals surface area contributed by atoms with Gasteiger partial charge in [0.1, 0.15) is 18.0 Å². The van der Waals surface area contributed by atoms with Gasteiger partial charge in [-0.05, 0) is 25.1 Å². The Balaban J connectivity index is 0.00000300. The van der Waals surface area contributed by atoms with Crippen molar-refractivity contribution in [3.05, 3.63) is 65.2 Å². The molecule has 0 amide bonds. The third-order valence-corrected chi connectivity index (χ3v) is 5.14. The fourth-order valence-electron chi connectivity index (χ4n) is 3.32. The van der Waals surface area contributed by atoms with Gasteiger partial charge in [-0.1, -0.05) is 48.0 Å². The molecule has 1 heterocycles. The molecular weight excluding hydrogens is 501 g/mol. The van der Waals surface area contributed by atoms with Crippen molar-refractivity contribution in [2.24, 2.45) is 4.99 Å². The maximum absolute atomic E-state index is 10.5. The Bertz CT molecular complexity index is 768. The molecule has 0 radical (unpaired) electrons. The van der Waals surface area contributed by atoms with Gasteiger partial charge in [0.15, 0.2) is 5.96 Å². The maximum atomic E-state index is 10.5. The lowest BCUT2D eigenvalue weighted by atomic mass is 10.1. The first kappa shape index (κ1) is 23.8. The van der Waals surface area contributed by atoms with Crippen molar-refractivity contribution in [2.75, 3.05) is 26.2 Å². The van der Waals surface area contributed by atoms with Crippen LogP contribution in [0.1, 0.15) is 31.4 Å². The van der Waals surface area contributed by atoms with Gasteiger partial charge in [-0.2, -0.15) is 0 Å². The van der Waals surface area contributed by atoms with Crippen LogP contribution in [0.2, 0.25) is 5.02 Å². The zero-order valence-electron chi connectivity index (χ0n) is 16.6. The third-order valence-electron chi connectivity index (χ3n) is 4.80. The van der Waals surface area contributed by atoms with Crippen molar-refractivity contribution in [3.63, 3.8) is 0 Å². The zero-order valence-corrected chi connectivity index (χ0v) is 19.7. The number of piperidine rings is 1. The average molecular weight is 530 g/mol. The Labute approximate surface area is 195 Å². The lowest BCUT2D eigenvalue weighted by molar-refractivity contribution is 0.129. The Morgan fingerprint density at radius 2 is 1.83 bits per heavy atom. The number of hydrogen-bond donors (Lipinski definition) is 2. The van der Waals surface area contributed by atoms with Crippen molar-refractivity contribution in [1.29, 1.82) is 0 Å². The van der Waals surface area contributed by atoms with E-state index >= 15 is 0 Å². The summed E-state index contributed by atoms with van der Waals surface area (Å²) in [5, 5.41) is 14.4. The lowest BCUT2D eigenvalue weighted by Crippen LogP contribution is -2.47. The number of aliphatic hydroxyl groups excluding tert-OH is 1. The van der Waals surface area contributed by atoms with Gasteiger partial charge in [0, 0.05) is 43.1 Å². The molecule has 0 aromatic heterocycles. The summed E-state index contributed by atoms with van der Waals surface area (Å²) >= 11 is 6.18. The summed E-state index contributed by atoms with van der Waals surface area (Å²) < 4.78 is 6.07. The van der Waals surface area contributed by atoms with Crippen molar-refractivity contribution >= 4 is 41.5 Å². The van der Waals surface area contributed by atoms with Gasteiger partial charge in [-0.3, -0.25) is 4.99 Å². The molecule has 1 fully saturated rings. The first-order valence-corrected chi connectivity index (χ1v) is 10.2. The second-order valence-electron chi connectivity index (χ2n) is 6.85. The SMILES string of the molecule is CCNC(=NCC(O)c1ccccc1Cl)N1CCC(Oc2ccccc2)CC1.I. The highest BCUT2D eigenvalue weighted by molar-refractivity contribution is 14.0. The fourth-order valence-corrected chi connectivity index (χ4v) is 3.58. The Morgan fingerprint density at radius 1 is 1.17 bits per heavy atom. The first-order chi connectivity index (χ1) is 13.7. The molecule has 29 heavy (non-hydrogen) atoms. The minimum Gasteiger partial charge on any atom is -0.490 e. The fraction of sp³-hybridized carbons (Fsp3) is 0.409. The molecule has 1 aliphatic heterocycles. The molecule has 0 saturated carbocycles. The number of ether oxygens (including phenoxy) is 1. The number of para-hydroxylation sites is 1. The van der Waals surface area contributed by atoms with E-state index < -0.39 is 6.10 Å². The highest BCUT2D eigenvalue weighted by Crippen LogP contribution is 2.23. The smallest absolute Gasteiger partial charge is 0.194 e. The Hall–Kier alpha value is -1.51. The molecule has 5 nitrogen and oxygen atoms in total. The molecule has 1 atom stereocenters. The molecular formula is C22H29ClIN3O2. The van der Waals surface area contributed by atoms with Gasteiger partial charge in [0.05, 0.1) is 6.54 Å². The number of guanidine groups is 1. The number of nitrogens with zero attached hydrogens (tertiary/aromatic N) is 2. The van der Waals surface area contributed by atoms with Crippen LogP contribution in [0, 0.1) is 0 Å². The molecule has 1 aliphatic rings. The van der Waals surface area contributed by atoms with Crippen LogP contribution in [-0.4, -0.2) is 48.2 Å². The molecule has 2 aromatic rings. The lowest BCUT2D eigenvalue weighted by Gasteiger charge is -2.34. The number of aliphatic imine (C=N–C) groups is 1. The van der Waals surface area contributed by atoms with Crippen molar-refractivity contribution in [3.8, 4) is 5.75 Å². The summed E-state index contributed by atoms with van der Waals surface area (Å²) in [6.45, 7) is 4.83. The molecule has 3 rings (SSSR count). The topological polar surface area (TPSA) is 57.1 Å². The van der Waals surface area contributed by atoms with E-state index in [1.165, 1.54) is 0 Å². The molecule has 7 heteroatoms. The normalized spacial score (nSPS) is 16.1. The number of nitrogens with one attached hydrogen (secondary N) is 1. The highest BCUT2D eigenvalue weighted by Gasteiger charge is 2.23. The van der Waals surface area contributed by atoms with Gasteiger partial charge in [0.25, 0.3) is 0 Å². The average Bonchev–Trinajstić information content (AvgIpc) is 2.73. The molecule has 1 saturated heterocycles. The number of halogens is 2. The van der Waals surface area contributed by atoms with Crippen molar-refractivity contribution in [1.82, 2.24) is 10.2 Å². The summed E-state index contributed by atoms with van der Waals surface area (Å²) in [6.07, 6.45) is 1.37. The van der Waals surface area contributed by atoms with Crippen molar-refractivity contribution < 1.29 is 9.84 Å². The number of aliphatic hydroxyl groups is 1.